The number of imidazole rings is 2. The summed E-state index contributed by atoms with van der Waals surface area (Å²) in [5.74, 6) is -0.647. The number of nitrogens with one attached hydrogen (secondary N) is 4. The Kier molecular flexibility index (Phi) is 8.61. The van der Waals surface area contributed by atoms with Crippen molar-refractivity contribution < 1.29 is 17.6 Å². The number of aromatic amines is 2. The van der Waals surface area contributed by atoms with Crippen LogP contribution in [-0.2, 0) is 0 Å². The molecule has 5 aliphatic rings. The van der Waals surface area contributed by atoms with Crippen LogP contribution in [0.1, 0.15) is 130 Å². The first-order chi connectivity index (χ1) is 26.3. The van der Waals surface area contributed by atoms with Crippen molar-refractivity contribution >= 4 is 33.4 Å². The second-order valence-corrected chi connectivity index (χ2v) is 16.6. The van der Waals surface area contributed by atoms with Crippen LogP contribution in [0.4, 0.5) is 28.9 Å². The molecule has 4 atom stereocenters. The lowest BCUT2D eigenvalue weighted by atomic mass is 9.68. The molecule has 4 N–H and O–H groups in total. The van der Waals surface area contributed by atoms with Crippen molar-refractivity contribution in [2.24, 2.45) is 5.41 Å². The Bertz CT molecular complexity index is 2050. The third-order valence-corrected chi connectivity index (χ3v) is 13.5. The predicted octanol–water partition coefficient (Wildman–Crippen LogP) is 9.48. The van der Waals surface area contributed by atoms with E-state index in [0.717, 1.165) is 63.3 Å². The van der Waals surface area contributed by atoms with E-state index in [2.05, 4.69) is 20.6 Å². The van der Waals surface area contributed by atoms with Crippen LogP contribution in [0, 0.1) is 28.7 Å². The van der Waals surface area contributed by atoms with E-state index in [9.17, 15) is 0 Å². The van der Waals surface area contributed by atoms with Gasteiger partial charge in [0, 0.05) is 42.0 Å². The zero-order valence-electron chi connectivity index (χ0n) is 30.6. The van der Waals surface area contributed by atoms with Gasteiger partial charge in [0.05, 0.1) is 46.2 Å². The minimum Gasteiger partial charge on any atom is -0.367 e. The Morgan fingerprint density at radius 2 is 1.09 bits per heavy atom. The van der Waals surface area contributed by atoms with Gasteiger partial charge in [-0.3, -0.25) is 0 Å². The fourth-order valence-electron chi connectivity index (χ4n) is 10.6. The molecule has 0 radical (unpaired) electrons. The lowest BCUT2D eigenvalue weighted by Crippen LogP contribution is -2.41. The number of aromatic nitrogens is 4. The summed E-state index contributed by atoms with van der Waals surface area (Å²) in [5.41, 5.74) is 3.78. The molecule has 0 bridgehead atoms. The fraction of sp³-hybridized carbons (Fsp3) is 0.524. The van der Waals surface area contributed by atoms with E-state index in [1.165, 1.54) is 56.4 Å². The number of piperidine rings is 1. The highest BCUT2D eigenvalue weighted by Gasteiger charge is 2.41. The van der Waals surface area contributed by atoms with Gasteiger partial charge in [-0.25, -0.2) is 27.5 Å². The zero-order chi connectivity index (χ0) is 36.6. The lowest BCUT2D eigenvalue weighted by Gasteiger charge is -2.45. The second-order valence-electron chi connectivity index (χ2n) is 16.6. The quantitative estimate of drug-likeness (QED) is 0.130. The summed E-state index contributed by atoms with van der Waals surface area (Å²) in [7, 11) is 0. The maximum atomic E-state index is 16.4. The highest BCUT2D eigenvalue weighted by atomic mass is 19.1. The van der Waals surface area contributed by atoms with E-state index >= 15 is 17.6 Å². The number of benzene rings is 3. The number of nitrogens with zero attached hydrogens (tertiary/aromatic N) is 4. The summed E-state index contributed by atoms with van der Waals surface area (Å²) in [4.78, 5) is 19.9. The van der Waals surface area contributed by atoms with Crippen LogP contribution in [0.15, 0.2) is 36.4 Å². The zero-order valence-corrected chi connectivity index (χ0v) is 30.6. The van der Waals surface area contributed by atoms with Gasteiger partial charge in [-0.05, 0) is 107 Å². The molecule has 4 saturated heterocycles. The van der Waals surface area contributed by atoms with Gasteiger partial charge in [-0.15, -0.1) is 0 Å². The number of H-pyrrole nitrogens is 2. The van der Waals surface area contributed by atoms with Crippen molar-refractivity contribution in [2.75, 3.05) is 36.0 Å². The Morgan fingerprint density at radius 1 is 0.574 bits per heavy atom. The van der Waals surface area contributed by atoms with Crippen LogP contribution in [0.3, 0.4) is 0 Å². The number of rotatable bonds is 6. The summed E-state index contributed by atoms with van der Waals surface area (Å²) in [6, 6.07) is 8.14. The highest BCUT2D eigenvalue weighted by Crippen LogP contribution is 2.51. The van der Waals surface area contributed by atoms with E-state index in [1.54, 1.807) is 12.1 Å². The summed E-state index contributed by atoms with van der Waals surface area (Å²) in [6.45, 7) is 3.04. The standard InChI is InChI=1S/C42H48F4N8/c43-27-22-35-33(49-40(51-35)31-6-4-14-47-31)20-25(27)37-8-9-38(26-21-34-36(23-28(26)44)52-41(50-34)32-7-5-15-48-32)54(37)24-18-29(45)39(30(46)19-24)53-16-12-42(13-17-53)10-2-1-3-11-42/h18-23,31-32,37-38,47-48H,1-17H2,(H,49,51)(H,50,52)/t31-,32-,37+,38?/m0/s1. The molecule has 3 aromatic carbocycles. The molecular formula is C42H48F4N8. The molecule has 1 aliphatic carbocycles. The van der Waals surface area contributed by atoms with Crippen LogP contribution in [-0.4, -0.2) is 46.1 Å². The molecule has 10 rings (SSSR count). The van der Waals surface area contributed by atoms with Gasteiger partial charge in [-0.2, -0.15) is 0 Å². The number of hydrogen-bond donors (Lipinski definition) is 4. The number of halogens is 4. The van der Waals surface area contributed by atoms with Gasteiger partial charge in [-0.1, -0.05) is 19.3 Å². The van der Waals surface area contributed by atoms with E-state index < -0.39 is 35.4 Å². The summed E-state index contributed by atoms with van der Waals surface area (Å²) < 4.78 is 65.4. The molecule has 5 fully saturated rings. The van der Waals surface area contributed by atoms with Crippen molar-refractivity contribution in [2.45, 2.75) is 108 Å². The number of anilines is 2. The average Bonchev–Trinajstić information content (AvgIpc) is 4.01. The monoisotopic (exact) mass is 740 g/mol. The normalized spacial score (nSPS) is 25.9. The molecule has 4 aliphatic heterocycles. The first kappa shape index (κ1) is 34.3. The molecule has 2 aromatic heterocycles. The molecule has 5 aromatic rings. The maximum absolute atomic E-state index is 16.4. The largest absolute Gasteiger partial charge is 0.367 e. The topological polar surface area (TPSA) is 87.9 Å². The van der Waals surface area contributed by atoms with Crippen molar-refractivity contribution in [3.05, 3.63) is 82.4 Å². The molecule has 284 valence electrons. The Morgan fingerprint density at radius 3 is 1.57 bits per heavy atom. The van der Waals surface area contributed by atoms with E-state index in [0.29, 0.717) is 64.5 Å². The molecule has 1 saturated carbocycles. The molecule has 1 unspecified atom stereocenters. The summed E-state index contributed by atoms with van der Waals surface area (Å²) in [5, 5.41) is 6.89. The van der Waals surface area contributed by atoms with E-state index in [4.69, 9.17) is 9.97 Å². The van der Waals surface area contributed by atoms with Crippen LogP contribution in [0.25, 0.3) is 22.1 Å². The fourth-order valence-corrected chi connectivity index (χ4v) is 10.6. The van der Waals surface area contributed by atoms with Crippen molar-refractivity contribution in [3.8, 4) is 0 Å². The van der Waals surface area contributed by atoms with Crippen LogP contribution in [0.2, 0.25) is 0 Å². The molecule has 12 heteroatoms. The average molecular weight is 741 g/mol. The first-order valence-corrected chi connectivity index (χ1v) is 20.2. The lowest BCUT2D eigenvalue weighted by molar-refractivity contribution is 0.144. The third kappa shape index (κ3) is 5.95. The highest BCUT2D eigenvalue weighted by molar-refractivity contribution is 5.78. The molecule has 8 nitrogen and oxygen atoms in total. The van der Waals surface area contributed by atoms with Crippen LogP contribution < -0.4 is 20.4 Å². The number of fused-ring (bicyclic) bond motifs is 2. The summed E-state index contributed by atoms with van der Waals surface area (Å²) >= 11 is 0. The Balaban J connectivity index is 1.03. The van der Waals surface area contributed by atoms with Crippen LogP contribution in [0.5, 0.6) is 0 Å². The Hall–Kier alpha value is -4.16. The molecule has 6 heterocycles. The molecule has 54 heavy (non-hydrogen) atoms. The molecule has 1 spiro atoms. The molecular weight excluding hydrogens is 693 g/mol. The minimum atomic E-state index is -0.648. The Labute approximate surface area is 312 Å². The van der Waals surface area contributed by atoms with Gasteiger partial charge in [0.25, 0.3) is 0 Å². The summed E-state index contributed by atoms with van der Waals surface area (Å²) in [6.07, 6.45) is 12.9. The van der Waals surface area contributed by atoms with Crippen molar-refractivity contribution in [1.82, 2.24) is 30.6 Å². The van der Waals surface area contributed by atoms with Gasteiger partial charge in [0.15, 0.2) is 11.6 Å². The van der Waals surface area contributed by atoms with E-state index in [-0.39, 0.29) is 23.5 Å². The maximum Gasteiger partial charge on any atom is 0.151 e. The van der Waals surface area contributed by atoms with Gasteiger partial charge in [0.1, 0.15) is 29.0 Å². The smallest absolute Gasteiger partial charge is 0.151 e. The van der Waals surface area contributed by atoms with Crippen LogP contribution >= 0.6 is 0 Å². The van der Waals surface area contributed by atoms with E-state index in [1.807, 2.05) is 9.80 Å². The third-order valence-electron chi connectivity index (χ3n) is 13.5. The van der Waals surface area contributed by atoms with Crippen molar-refractivity contribution in [3.63, 3.8) is 0 Å². The van der Waals surface area contributed by atoms with Gasteiger partial charge in [0.2, 0.25) is 0 Å². The molecule has 0 amide bonds. The van der Waals surface area contributed by atoms with Crippen molar-refractivity contribution in [1.29, 1.82) is 0 Å². The van der Waals surface area contributed by atoms with Gasteiger partial charge >= 0.3 is 0 Å². The minimum absolute atomic E-state index is 0.00655. The first-order valence-electron chi connectivity index (χ1n) is 20.2. The van der Waals surface area contributed by atoms with Gasteiger partial charge < -0.3 is 30.4 Å². The predicted molar refractivity (Wildman–Crippen MR) is 203 cm³/mol. The SMILES string of the molecule is Fc1cc2nc([C@@H]3CCCN3)[nH]c2cc1C1CC[C@H](c2cc3[nH]c([C@@H]4CCCN4)nc3cc2F)N1c1cc(F)c(N2CCC3(CCCCC3)CC2)c(F)c1. The second kappa shape index (κ2) is 13.5. The number of hydrogen-bond acceptors (Lipinski definition) is 6.